The first kappa shape index (κ1) is 26.6. The van der Waals surface area contributed by atoms with E-state index in [9.17, 15) is 14.9 Å². The molecule has 8 heteroatoms. The van der Waals surface area contributed by atoms with Crippen molar-refractivity contribution in [1.82, 2.24) is 9.38 Å². The van der Waals surface area contributed by atoms with E-state index in [0.29, 0.717) is 11.3 Å². The molecule has 2 heterocycles. The number of aromatic nitrogens is 2. The lowest BCUT2D eigenvalue weighted by Crippen LogP contribution is -2.36. The van der Waals surface area contributed by atoms with Crippen LogP contribution in [0, 0.1) is 15.5 Å². The standard InChI is InChI=1S/C30H32N4O4/c1-29(2,3)20-30(4,5)32-28-27(31-25-8-6-7-19-33(25)28)22-12-16-24(17-13-22)38-26(35)18-11-21-9-14-23(15-10-21)34(36)37/h6-19,32H,20H2,1-5H3/b18-11+. The molecule has 0 atom stereocenters. The molecule has 0 aliphatic rings. The first-order valence-corrected chi connectivity index (χ1v) is 12.4. The number of anilines is 1. The van der Waals surface area contributed by atoms with Crippen LogP contribution < -0.4 is 10.1 Å². The molecular weight excluding hydrogens is 480 g/mol. The minimum absolute atomic E-state index is 0.00783. The molecule has 2 aromatic carbocycles. The molecule has 0 saturated carbocycles. The number of nitro groups is 1. The van der Waals surface area contributed by atoms with E-state index in [4.69, 9.17) is 9.72 Å². The maximum Gasteiger partial charge on any atom is 0.336 e. The van der Waals surface area contributed by atoms with Gasteiger partial charge in [-0.1, -0.05) is 26.8 Å². The van der Waals surface area contributed by atoms with Crippen molar-refractivity contribution in [3.8, 4) is 17.0 Å². The number of carbonyl (C=O) groups excluding carboxylic acids is 1. The monoisotopic (exact) mass is 512 g/mol. The van der Waals surface area contributed by atoms with Crippen LogP contribution in [-0.4, -0.2) is 25.8 Å². The third kappa shape index (κ3) is 6.64. The van der Waals surface area contributed by atoms with E-state index in [0.717, 1.165) is 29.1 Å². The number of nitrogens with zero attached hydrogens (tertiary/aromatic N) is 3. The van der Waals surface area contributed by atoms with E-state index < -0.39 is 10.9 Å². The van der Waals surface area contributed by atoms with Gasteiger partial charge in [-0.3, -0.25) is 14.5 Å². The number of nitro benzene ring substituents is 1. The number of non-ortho nitro benzene ring substituents is 1. The first-order valence-electron chi connectivity index (χ1n) is 12.4. The van der Waals surface area contributed by atoms with Crippen LogP contribution in [0.25, 0.3) is 23.0 Å². The van der Waals surface area contributed by atoms with Crippen LogP contribution in [0.5, 0.6) is 5.75 Å². The smallest absolute Gasteiger partial charge is 0.336 e. The zero-order chi connectivity index (χ0) is 27.5. The van der Waals surface area contributed by atoms with Crippen LogP contribution in [0.2, 0.25) is 0 Å². The highest BCUT2D eigenvalue weighted by molar-refractivity contribution is 5.89. The van der Waals surface area contributed by atoms with Gasteiger partial charge in [-0.25, -0.2) is 9.78 Å². The fourth-order valence-corrected chi connectivity index (χ4v) is 4.71. The van der Waals surface area contributed by atoms with Gasteiger partial charge in [-0.05, 0) is 85.9 Å². The SMILES string of the molecule is CC(C)(C)CC(C)(C)Nc1c(-c2ccc(OC(=O)/C=C/c3ccc([N+](=O)[O-])cc3)cc2)nc2ccccn12. The molecule has 196 valence electrons. The number of benzene rings is 2. The quantitative estimate of drug-likeness (QED) is 0.0884. The molecule has 0 unspecified atom stereocenters. The third-order valence-electron chi connectivity index (χ3n) is 5.82. The van der Waals surface area contributed by atoms with Crippen LogP contribution in [0.3, 0.4) is 0 Å². The average Bonchev–Trinajstić information content (AvgIpc) is 3.19. The molecule has 0 amide bonds. The molecule has 8 nitrogen and oxygen atoms in total. The number of hydrogen-bond donors (Lipinski definition) is 1. The summed E-state index contributed by atoms with van der Waals surface area (Å²) in [6, 6.07) is 19.1. The fraction of sp³-hybridized carbons (Fsp3) is 0.267. The molecule has 38 heavy (non-hydrogen) atoms. The van der Waals surface area contributed by atoms with Crippen molar-refractivity contribution in [3.05, 3.63) is 94.7 Å². The lowest BCUT2D eigenvalue weighted by Gasteiger charge is -2.34. The molecule has 2 aromatic heterocycles. The van der Waals surface area contributed by atoms with Gasteiger partial charge in [0, 0.05) is 35.5 Å². The van der Waals surface area contributed by atoms with Gasteiger partial charge in [0.2, 0.25) is 0 Å². The van der Waals surface area contributed by atoms with Crippen molar-refractivity contribution < 1.29 is 14.5 Å². The van der Waals surface area contributed by atoms with E-state index in [1.54, 1.807) is 30.3 Å². The van der Waals surface area contributed by atoms with Crippen LogP contribution >= 0.6 is 0 Å². The second-order valence-corrected chi connectivity index (χ2v) is 11.1. The molecule has 0 bridgehead atoms. The van der Waals surface area contributed by atoms with E-state index in [2.05, 4.69) is 44.3 Å². The summed E-state index contributed by atoms with van der Waals surface area (Å²) >= 11 is 0. The average molecular weight is 513 g/mol. The topological polar surface area (TPSA) is 98.8 Å². The Morgan fingerprint density at radius 3 is 2.34 bits per heavy atom. The van der Waals surface area contributed by atoms with Gasteiger partial charge < -0.3 is 10.1 Å². The second kappa shape index (κ2) is 10.5. The highest BCUT2D eigenvalue weighted by Crippen LogP contribution is 2.35. The molecule has 1 N–H and O–H groups in total. The second-order valence-electron chi connectivity index (χ2n) is 11.1. The zero-order valence-corrected chi connectivity index (χ0v) is 22.3. The minimum Gasteiger partial charge on any atom is -0.423 e. The number of ether oxygens (including phenoxy) is 1. The van der Waals surface area contributed by atoms with E-state index >= 15 is 0 Å². The summed E-state index contributed by atoms with van der Waals surface area (Å²) in [6.45, 7) is 11.1. The Labute approximate surface area is 222 Å². The van der Waals surface area contributed by atoms with Gasteiger partial charge in [-0.2, -0.15) is 0 Å². The van der Waals surface area contributed by atoms with E-state index in [1.807, 2.05) is 36.5 Å². The summed E-state index contributed by atoms with van der Waals surface area (Å²) in [4.78, 5) is 27.5. The predicted molar refractivity (Wildman–Crippen MR) is 150 cm³/mol. The molecule has 4 aromatic rings. The Morgan fingerprint density at radius 1 is 1.03 bits per heavy atom. The number of carbonyl (C=O) groups is 1. The molecular formula is C30H32N4O4. The summed E-state index contributed by atoms with van der Waals surface area (Å²) in [5, 5.41) is 14.5. The van der Waals surface area contributed by atoms with Crippen LogP contribution in [-0.2, 0) is 4.79 Å². The summed E-state index contributed by atoms with van der Waals surface area (Å²) in [7, 11) is 0. The lowest BCUT2D eigenvalue weighted by molar-refractivity contribution is -0.384. The minimum atomic E-state index is -0.546. The normalized spacial score (nSPS) is 12.1. The number of rotatable bonds is 8. The van der Waals surface area contributed by atoms with Gasteiger partial charge in [0.05, 0.1) is 4.92 Å². The third-order valence-corrected chi connectivity index (χ3v) is 5.82. The highest BCUT2D eigenvalue weighted by atomic mass is 16.6. The van der Waals surface area contributed by atoms with Crippen molar-refractivity contribution in [2.45, 2.75) is 46.6 Å². The highest BCUT2D eigenvalue weighted by Gasteiger charge is 2.28. The largest absolute Gasteiger partial charge is 0.423 e. The van der Waals surface area contributed by atoms with Gasteiger partial charge in [-0.15, -0.1) is 0 Å². The van der Waals surface area contributed by atoms with Crippen molar-refractivity contribution >= 4 is 29.2 Å². The summed E-state index contributed by atoms with van der Waals surface area (Å²) in [6.07, 6.45) is 5.79. The molecule has 0 aliphatic carbocycles. The van der Waals surface area contributed by atoms with Gasteiger partial charge >= 0.3 is 5.97 Å². The van der Waals surface area contributed by atoms with Crippen molar-refractivity contribution in [1.29, 1.82) is 0 Å². The number of nitrogens with one attached hydrogen (secondary N) is 1. The van der Waals surface area contributed by atoms with Crippen LogP contribution in [0.4, 0.5) is 11.5 Å². The van der Waals surface area contributed by atoms with Crippen molar-refractivity contribution in [2.75, 3.05) is 5.32 Å². The summed E-state index contributed by atoms with van der Waals surface area (Å²) < 4.78 is 7.49. The zero-order valence-electron chi connectivity index (χ0n) is 22.3. The molecule has 0 fully saturated rings. The van der Waals surface area contributed by atoms with Crippen LogP contribution in [0.15, 0.2) is 79.0 Å². The van der Waals surface area contributed by atoms with Crippen LogP contribution in [0.1, 0.15) is 46.6 Å². The maximum absolute atomic E-state index is 12.3. The Balaban J connectivity index is 1.52. The molecule has 0 saturated heterocycles. The summed E-state index contributed by atoms with van der Waals surface area (Å²) in [5.41, 5.74) is 3.16. The first-order chi connectivity index (χ1) is 17.9. The molecule has 0 aliphatic heterocycles. The number of pyridine rings is 1. The van der Waals surface area contributed by atoms with Gasteiger partial charge in [0.1, 0.15) is 22.9 Å². The van der Waals surface area contributed by atoms with Crippen molar-refractivity contribution in [3.63, 3.8) is 0 Å². The maximum atomic E-state index is 12.3. The van der Waals surface area contributed by atoms with Gasteiger partial charge in [0.25, 0.3) is 5.69 Å². The Kier molecular flexibility index (Phi) is 7.35. The number of hydrogen-bond acceptors (Lipinski definition) is 6. The fourth-order valence-electron chi connectivity index (χ4n) is 4.71. The lowest BCUT2D eigenvalue weighted by atomic mass is 9.82. The Hall–Kier alpha value is -4.46. The van der Waals surface area contributed by atoms with E-state index in [-0.39, 0.29) is 16.6 Å². The number of esters is 1. The molecule has 4 rings (SSSR count). The Bertz CT molecular complexity index is 1480. The van der Waals surface area contributed by atoms with Gasteiger partial charge in [0.15, 0.2) is 0 Å². The number of fused-ring (bicyclic) bond motifs is 1. The predicted octanol–water partition coefficient (Wildman–Crippen LogP) is 7.16. The Morgan fingerprint density at radius 2 is 1.71 bits per heavy atom. The van der Waals surface area contributed by atoms with E-state index in [1.165, 1.54) is 18.2 Å². The summed E-state index contributed by atoms with van der Waals surface area (Å²) in [5.74, 6) is 0.763. The molecule has 0 radical (unpaired) electrons. The number of imidazole rings is 1. The molecule has 0 spiro atoms. The van der Waals surface area contributed by atoms with Crippen molar-refractivity contribution in [2.24, 2.45) is 5.41 Å².